The van der Waals surface area contributed by atoms with E-state index in [1.54, 1.807) is 0 Å². The number of ether oxygens (including phenoxy) is 2. The molecular formula is C20H24F2N4O5S. The Bertz CT molecular complexity index is 966. The Labute approximate surface area is 187 Å². The van der Waals surface area contributed by atoms with Gasteiger partial charge < -0.3 is 19.9 Å². The molecule has 3 N–H and O–H groups in total. The van der Waals surface area contributed by atoms with Crippen LogP contribution in [-0.4, -0.2) is 65.8 Å². The van der Waals surface area contributed by atoms with Crippen molar-refractivity contribution in [2.45, 2.75) is 20.0 Å². The predicted molar refractivity (Wildman–Crippen MR) is 113 cm³/mol. The van der Waals surface area contributed by atoms with Crippen molar-refractivity contribution < 1.29 is 33.0 Å². The zero-order valence-electron chi connectivity index (χ0n) is 17.5. The molecule has 9 nitrogen and oxygen atoms in total. The van der Waals surface area contributed by atoms with Crippen molar-refractivity contribution in [1.29, 1.82) is 0 Å². The van der Waals surface area contributed by atoms with E-state index in [0.29, 0.717) is 19.8 Å². The molecule has 12 heteroatoms. The Kier molecular flexibility index (Phi) is 8.31. The first-order chi connectivity index (χ1) is 15.4. The maximum absolute atomic E-state index is 14.0. The van der Waals surface area contributed by atoms with Crippen LogP contribution < -0.4 is 15.4 Å². The molecule has 2 amide bonds. The van der Waals surface area contributed by atoms with Gasteiger partial charge in [-0.1, -0.05) is 12.1 Å². The molecule has 1 aromatic heterocycles. The molecule has 0 spiro atoms. The fraction of sp³-hybridized carbons (Fsp3) is 0.450. The van der Waals surface area contributed by atoms with Crippen molar-refractivity contribution in [2.24, 2.45) is 0 Å². The van der Waals surface area contributed by atoms with Gasteiger partial charge in [-0.05, 0) is 37.0 Å². The van der Waals surface area contributed by atoms with Gasteiger partial charge in [0.1, 0.15) is 11.6 Å². The second kappa shape index (κ2) is 11.2. The average molecular weight is 470 g/mol. The number of hydrogen-bond acceptors (Lipinski definition) is 7. The number of urea groups is 1. The molecule has 1 saturated heterocycles. The minimum absolute atomic E-state index is 0.0197. The summed E-state index contributed by atoms with van der Waals surface area (Å²) in [6.07, 6.45) is 0.731. The largest absolute Gasteiger partial charge is 0.477 e. The van der Waals surface area contributed by atoms with E-state index in [1.165, 1.54) is 19.1 Å². The number of halogens is 2. The Morgan fingerprint density at radius 3 is 2.75 bits per heavy atom. The number of morpholine rings is 1. The molecule has 1 fully saturated rings. The molecule has 0 radical (unpaired) electrons. The number of nitrogens with one attached hydrogen (secondary N) is 2. The van der Waals surface area contributed by atoms with E-state index in [9.17, 15) is 23.5 Å². The van der Waals surface area contributed by atoms with Gasteiger partial charge in [-0.15, -0.1) is 0 Å². The number of aryl methyl sites for hydroxylation is 1. The van der Waals surface area contributed by atoms with Crippen molar-refractivity contribution in [2.75, 3.05) is 44.7 Å². The molecule has 32 heavy (non-hydrogen) atoms. The SMILES string of the molecule is Cc1ccc(COc2nsc(NC(=O)NCCCN3CCOCC3)c2C(=O)O)c(F)c1F. The highest BCUT2D eigenvalue weighted by Crippen LogP contribution is 2.31. The number of amides is 2. The molecule has 0 saturated carbocycles. The predicted octanol–water partition coefficient (Wildman–Crippen LogP) is 2.85. The van der Waals surface area contributed by atoms with Crippen LogP contribution in [0.3, 0.4) is 0 Å². The molecule has 0 bridgehead atoms. The fourth-order valence-corrected chi connectivity index (χ4v) is 3.79. The van der Waals surface area contributed by atoms with E-state index in [1.807, 2.05) is 0 Å². The Morgan fingerprint density at radius 1 is 1.28 bits per heavy atom. The highest BCUT2D eigenvalue weighted by Gasteiger charge is 2.24. The molecule has 2 aromatic rings. The van der Waals surface area contributed by atoms with E-state index in [-0.39, 0.29) is 27.6 Å². The topological polar surface area (TPSA) is 113 Å². The maximum Gasteiger partial charge on any atom is 0.344 e. The zero-order chi connectivity index (χ0) is 23.1. The van der Waals surface area contributed by atoms with Crippen LogP contribution in [0.15, 0.2) is 12.1 Å². The minimum atomic E-state index is -1.37. The number of carboxylic acid groups (broad SMARTS) is 1. The first-order valence-electron chi connectivity index (χ1n) is 10.0. The normalized spacial score (nSPS) is 14.2. The van der Waals surface area contributed by atoms with Crippen molar-refractivity contribution >= 4 is 28.5 Å². The second-order valence-electron chi connectivity index (χ2n) is 7.14. The molecule has 1 aliphatic heterocycles. The number of rotatable bonds is 9. The number of carbonyl (C=O) groups is 2. The summed E-state index contributed by atoms with van der Waals surface area (Å²) in [5, 5.41) is 14.6. The van der Waals surface area contributed by atoms with Crippen LogP contribution in [0.4, 0.5) is 18.6 Å². The third-order valence-corrected chi connectivity index (χ3v) is 5.61. The van der Waals surface area contributed by atoms with Crippen LogP contribution in [-0.2, 0) is 11.3 Å². The van der Waals surface area contributed by atoms with Crippen LogP contribution in [0.25, 0.3) is 0 Å². The van der Waals surface area contributed by atoms with E-state index in [4.69, 9.17) is 9.47 Å². The maximum atomic E-state index is 14.0. The number of aromatic carboxylic acids is 1. The summed E-state index contributed by atoms with van der Waals surface area (Å²) in [4.78, 5) is 26.0. The van der Waals surface area contributed by atoms with Gasteiger partial charge in [-0.25, -0.2) is 18.4 Å². The van der Waals surface area contributed by atoms with E-state index in [0.717, 1.165) is 37.6 Å². The van der Waals surface area contributed by atoms with Gasteiger partial charge in [0.25, 0.3) is 0 Å². The molecule has 3 rings (SSSR count). The molecule has 0 aliphatic carbocycles. The molecule has 1 aromatic carbocycles. The molecular weight excluding hydrogens is 446 g/mol. The number of carboxylic acids is 1. The lowest BCUT2D eigenvalue weighted by atomic mass is 10.1. The summed E-state index contributed by atoms with van der Waals surface area (Å²) >= 11 is 0.722. The van der Waals surface area contributed by atoms with Gasteiger partial charge in [-0.2, -0.15) is 4.37 Å². The first-order valence-corrected chi connectivity index (χ1v) is 10.8. The van der Waals surface area contributed by atoms with E-state index >= 15 is 0 Å². The molecule has 1 aliphatic rings. The van der Waals surface area contributed by atoms with Crippen molar-refractivity contribution in [3.05, 3.63) is 40.5 Å². The van der Waals surface area contributed by atoms with Crippen molar-refractivity contribution in [3.63, 3.8) is 0 Å². The highest BCUT2D eigenvalue weighted by molar-refractivity contribution is 7.11. The number of aromatic nitrogens is 1. The number of nitrogens with zero attached hydrogens (tertiary/aromatic N) is 2. The van der Waals surface area contributed by atoms with E-state index in [2.05, 4.69) is 19.9 Å². The lowest BCUT2D eigenvalue weighted by molar-refractivity contribution is 0.0375. The van der Waals surface area contributed by atoms with Crippen molar-refractivity contribution in [1.82, 2.24) is 14.6 Å². The van der Waals surface area contributed by atoms with Crippen LogP contribution in [0.5, 0.6) is 5.88 Å². The summed E-state index contributed by atoms with van der Waals surface area (Å²) in [6.45, 7) is 5.36. The Balaban J connectivity index is 1.54. The van der Waals surface area contributed by atoms with Gasteiger partial charge in [0.2, 0.25) is 5.88 Å². The van der Waals surface area contributed by atoms with E-state index < -0.39 is 30.2 Å². The Morgan fingerprint density at radius 2 is 2.03 bits per heavy atom. The van der Waals surface area contributed by atoms with Crippen LogP contribution in [0, 0.1) is 18.6 Å². The Hall–Kier alpha value is -2.83. The van der Waals surface area contributed by atoms with Crippen LogP contribution >= 0.6 is 11.5 Å². The summed E-state index contributed by atoms with van der Waals surface area (Å²) < 4.78 is 42.2. The minimum Gasteiger partial charge on any atom is -0.477 e. The number of hydrogen-bond donors (Lipinski definition) is 3. The average Bonchev–Trinajstić information content (AvgIpc) is 3.18. The molecule has 0 unspecified atom stereocenters. The van der Waals surface area contributed by atoms with Crippen LogP contribution in [0.1, 0.15) is 27.9 Å². The second-order valence-corrected chi connectivity index (χ2v) is 7.92. The van der Waals surface area contributed by atoms with Gasteiger partial charge in [-0.3, -0.25) is 10.2 Å². The molecule has 2 heterocycles. The molecule has 0 atom stereocenters. The monoisotopic (exact) mass is 470 g/mol. The fourth-order valence-electron chi connectivity index (χ4n) is 3.07. The summed E-state index contributed by atoms with van der Waals surface area (Å²) in [5.74, 6) is -3.71. The number of carbonyl (C=O) groups excluding carboxylic acids is 1. The van der Waals surface area contributed by atoms with Gasteiger partial charge in [0.15, 0.2) is 17.2 Å². The van der Waals surface area contributed by atoms with Gasteiger partial charge >= 0.3 is 12.0 Å². The van der Waals surface area contributed by atoms with Crippen molar-refractivity contribution in [3.8, 4) is 5.88 Å². The third-order valence-electron chi connectivity index (χ3n) is 4.86. The smallest absolute Gasteiger partial charge is 0.344 e. The first kappa shape index (κ1) is 23.8. The lowest BCUT2D eigenvalue weighted by Crippen LogP contribution is -2.38. The third kappa shape index (κ3) is 6.11. The zero-order valence-corrected chi connectivity index (χ0v) is 18.3. The van der Waals surface area contributed by atoms with Crippen LogP contribution in [0.2, 0.25) is 0 Å². The standard InChI is InChI=1S/C20H24F2N4O5S/c1-12-3-4-13(16(22)15(12)21)11-31-17-14(19(27)28)18(32-25-17)24-20(29)23-5-2-6-26-7-9-30-10-8-26/h3-4H,2,5-11H2,1H3,(H,27,28)(H2,23,24,29). The number of benzene rings is 1. The summed E-state index contributed by atoms with van der Waals surface area (Å²) in [5.41, 5.74) is -0.287. The quantitative estimate of drug-likeness (QED) is 0.483. The van der Waals surface area contributed by atoms with Gasteiger partial charge in [0, 0.05) is 25.2 Å². The molecule has 174 valence electrons. The lowest BCUT2D eigenvalue weighted by Gasteiger charge is -2.26. The summed E-state index contributed by atoms with van der Waals surface area (Å²) in [6, 6.07) is 2.17. The number of anilines is 1. The summed E-state index contributed by atoms with van der Waals surface area (Å²) in [7, 11) is 0. The highest BCUT2D eigenvalue weighted by atomic mass is 32.1. The van der Waals surface area contributed by atoms with Gasteiger partial charge in [0.05, 0.1) is 13.2 Å².